The summed E-state index contributed by atoms with van der Waals surface area (Å²) in [5.41, 5.74) is 0.892. The molecule has 0 radical (unpaired) electrons. The molecule has 2 rings (SSSR count). The Kier molecular flexibility index (Phi) is 3.20. The minimum absolute atomic E-state index is 0.0426. The predicted octanol–water partition coefficient (Wildman–Crippen LogP) is 1.24. The van der Waals surface area contributed by atoms with Crippen LogP contribution in [0.4, 0.5) is 0 Å². The standard InChI is InChI=1S/C10H10N2O5/c1-6-2-3-16-9(6)10-11-7(17-12-10)4-15-5-8(13)14/h2-3H,4-5H2,1H3,(H,13,14). The zero-order valence-corrected chi connectivity index (χ0v) is 9.04. The van der Waals surface area contributed by atoms with Crippen LogP contribution in [0.25, 0.3) is 11.6 Å². The molecular formula is C10H10N2O5. The van der Waals surface area contributed by atoms with E-state index in [4.69, 9.17) is 18.8 Å². The lowest BCUT2D eigenvalue weighted by molar-refractivity contribution is -0.142. The van der Waals surface area contributed by atoms with Crippen molar-refractivity contribution in [3.63, 3.8) is 0 Å². The summed E-state index contributed by atoms with van der Waals surface area (Å²) < 4.78 is 14.9. The van der Waals surface area contributed by atoms with Gasteiger partial charge in [-0.3, -0.25) is 0 Å². The first kappa shape index (κ1) is 11.3. The average Bonchev–Trinajstić information content (AvgIpc) is 2.86. The topological polar surface area (TPSA) is 98.6 Å². The first-order chi connectivity index (χ1) is 8.16. The molecule has 0 spiro atoms. The summed E-state index contributed by atoms with van der Waals surface area (Å²) in [6.07, 6.45) is 1.53. The molecule has 0 saturated carbocycles. The second-order valence-corrected chi connectivity index (χ2v) is 3.33. The maximum absolute atomic E-state index is 10.2. The van der Waals surface area contributed by atoms with E-state index in [9.17, 15) is 4.79 Å². The third kappa shape index (κ3) is 2.70. The van der Waals surface area contributed by atoms with Crippen LogP contribution in [-0.2, 0) is 16.1 Å². The van der Waals surface area contributed by atoms with E-state index in [0.29, 0.717) is 11.6 Å². The van der Waals surface area contributed by atoms with Crippen LogP contribution in [0.5, 0.6) is 0 Å². The van der Waals surface area contributed by atoms with E-state index in [1.165, 1.54) is 6.26 Å². The van der Waals surface area contributed by atoms with E-state index >= 15 is 0 Å². The van der Waals surface area contributed by atoms with Crippen molar-refractivity contribution in [2.75, 3.05) is 6.61 Å². The number of ether oxygens (including phenoxy) is 1. The molecule has 0 aliphatic rings. The molecule has 0 bridgehead atoms. The highest BCUT2D eigenvalue weighted by atomic mass is 16.5. The second kappa shape index (κ2) is 4.79. The minimum Gasteiger partial charge on any atom is -0.480 e. The number of aliphatic carboxylic acids is 1. The van der Waals surface area contributed by atoms with Crippen LogP contribution < -0.4 is 0 Å². The van der Waals surface area contributed by atoms with Crippen molar-refractivity contribution >= 4 is 5.97 Å². The Morgan fingerprint density at radius 1 is 1.59 bits per heavy atom. The number of nitrogens with zero attached hydrogens (tertiary/aromatic N) is 2. The van der Waals surface area contributed by atoms with Gasteiger partial charge in [0, 0.05) is 0 Å². The summed E-state index contributed by atoms with van der Waals surface area (Å²) in [6, 6.07) is 1.78. The molecule has 2 aromatic heterocycles. The van der Waals surface area contributed by atoms with Gasteiger partial charge in [0.05, 0.1) is 6.26 Å². The van der Waals surface area contributed by atoms with Crippen LogP contribution >= 0.6 is 0 Å². The number of carbonyl (C=O) groups is 1. The number of furan rings is 1. The smallest absolute Gasteiger partial charge is 0.329 e. The molecule has 0 fully saturated rings. The van der Waals surface area contributed by atoms with Gasteiger partial charge in [-0.1, -0.05) is 5.16 Å². The minimum atomic E-state index is -1.05. The van der Waals surface area contributed by atoms with Crippen LogP contribution in [-0.4, -0.2) is 27.8 Å². The number of carboxylic acid groups (broad SMARTS) is 1. The molecule has 90 valence electrons. The fourth-order valence-corrected chi connectivity index (χ4v) is 1.23. The van der Waals surface area contributed by atoms with Crippen molar-refractivity contribution in [2.24, 2.45) is 0 Å². The molecular weight excluding hydrogens is 228 g/mol. The zero-order chi connectivity index (χ0) is 12.3. The van der Waals surface area contributed by atoms with Gasteiger partial charge in [-0.05, 0) is 18.6 Å². The van der Waals surface area contributed by atoms with Gasteiger partial charge in [0.2, 0.25) is 5.82 Å². The molecule has 0 aromatic carbocycles. The Morgan fingerprint density at radius 3 is 3.06 bits per heavy atom. The highest BCUT2D eigenvalue weighted by Gasteiger charge is 2.13. The van der Waals surface area contributed by atoms with Crippen molar-refractivity contribution in [3.8, 4) is 11.6 Å². The lowest BCUT2D eigenvalue weighted by atomic mass is 10.3. The van der Waals surface area contributed by atoms with Crippen LogP contribution in [0, 0.1) is 6.92 Å². The number of rotatable bonds is 5. The molecule has 7 nitrogen and oxygen atoms in total. The monoisotopic (exact) mass is 238 g/mol. The van der Waals surface area contributed by atoms with Crippen LogP contribution in [0.3, 0.4) is 0 Å². The highest BCUT2D eigenvalue weighted by molar-refractivity contribution is 5.67. The molecule has 7 heteroatoms. The Labute approximate surface area is 96.0 Å². The lowest BCUT2D eigenvalue weighted by Crippen LogP contribution is -2.06. The van der Waals surface area contributed by atoms with Crippen molar-refractivity contribution in [3.05, 3.63) is 23.8 Å². The molecule has 0 aliphatic carbocycles. The molecule has 0 aliphatic heterocycles. The number of aryl methyl sites for hydroxylation is 1. The average molecular weight is 238 g/mol. The number of aromatic nitrogens is 2. The van der Waals surface area contributed by atoms with Gasteiger partial charge in [0.1, 0.15) is 13.2 Å². The van der Waals surface area contributed by atoms with Gasteiger partial charge in [0.15, 0.2) is 5.76 Å². The van der Waals surface area contributed by atoms with Gasteiger partial charge in [-0.25, -0.2) is 4.79 Å². The van der Waals surface area contributed by atoms with Gasteiger partial charge < -0.3 is 18.8 Å². The number of hydrogen-bond acceptors (Lipinski definition) is 6. The molecule has 17 heavy (non-hydrogen) atoms. The van der Waals surface area contributed by atoms with E-state index in [1.54, 1.807) is 6.07 Å². The predicted molar refractivity (Wildman–Crippen MR) is 54.0 cm³/mol. The van der Waals surface area contributed by atoms with Crippen molar-refractivity contribution < 1.29 is 23.6 Å². The lowest BCUT2D eigenvalue weighted by Gasteiger charge is -1.94. The second-order valence-electron chi connectivity index (χ2n) is 3.33. The third-order valence-corrected chi connectivity index (χ3v) is 1.98. The summed E-state index contributed by atoms with van der Waals surface area (Å²) in [5, 5.41) is 12.1. The van der Waals surface area contributed by atoms with Gasteiger partial charge in [-0.15, -0.1) is 0 Å². The van der Waals surface area contributed by atoms with Crippen molar-refractivity contribution in [1.29, 1.82) is 0 Å². The Bertz CT molecular complexity index is 516. The summed E-state index contributed by atoms with van der Waals surface area (Å²) in [7, 11) is 0. The Hall–Kier alpha value is -2.15. The number of carboxylic acids is 1. The number of hydrogen-bond donors (Lipinski definition) is 1. The Balaban J connectivity index is 2.01. The maximum atomic E-state index is 10.2. The molecule has 0 saturated heterocycles. The zero-order valence-electron chi connectivity index (χ0n) is 9.04. The molecule has 2 heterocycles. The summed E-state index contributed by atoms with van der Waals surface area (Å²) in [4.78, 5) is 14.2. The quantitative estimate of drug-likeness (QED) is 0.836. The largest absolute Gasteiger partial charge is 0.480 e. The summed E-state index contributed by atoms with van der Waals surface area (Å²) in [6.45, 7) is 1.41. The van der Waals surface area contributed by atoms with Crippen LogP contribution in [0.1, 0.15) is 11.5 Å². The van der Waals surface area contributed by atoms with Gasteiger partial charge >= 0.3 is 5.97 Å². The van der Waals surface area contributed by atoms with E-state index in [1.807, 2.05) is 6.92 Å². The summed E-state index contributed by atoms with van der Waals surface area (Å²) >= 11 is 0. The third-order valence-electron chi connectivity index (χ3n) is 1.98. The molecule has 0 amide bonds. The van der Waals surface area contributed by atoms with Crippen molar-refractivity contribution in [2.45, 2.75) is 13.5 Å². The van der Waals surface area contributed by atoms with E-state index in [0.717, 1.165) is 5.56 Å². The maximum Gasteiger partial charge on any atom is 0.329 e. The van der Waals surface area contributed by atoms with Crippen LogP contribution in [0.15, 0.2) is 21.3 Å². The SMILES string of the molecule is Cc1ccoc1-c1noc(COCC(=O)O)n1. The highest BCUT2D eigenvalue weighted by Crippen LogP contribution is 2.21. The molecule has 2 aromatic rings. The fraction of sp³-hybridized carbons (Fsp3) is 0.300. The summed E-state index contributed by atoms with van der Waals surface area (Å²) in [5.74, 6) is 0.00308. The van der Waals surface area contributed by atoms with Crippen LogP contribution in [0.2, 0.25) is 0 Å². The molecule has 1 N–H and O–H groups in total. The van der Waals surface area contributed by atoms with Gasteiger partial charge in [0.25, 0.3) is 5.89 Å². The van der Waals surface area contributed by atoms with E-state index in [2.05, 4.69) is 10.1 Å². The van der Waals surface area contributed by atoms with Gasteiger partial charge in [-0.2, -0.15) is 4.98 Å². The van der Waals surface area contributed by atoms with E-state index in [-0.39, 0.29) is 12.5 Å². The first-order valence-corrected chi connectivity index (χ1v) is 4.83. The molecule has 0 atom stereocenters. The molecule has 0 unspecified atom stereocenters. The van der Waals surface area contributed by atoms with E-state index < -0.39 is 12.6 Å². The fourth-order valence-electron chi connectivity index (χ4n) is 1.23. The Morgan fingerprint density at radius 2 is 2.41 bits per heavy atom. The first-order valence-electron chi connectivity index (χ1n) is 4.83. The van der Waals surface area contributed by atoms with Crippen molar-refractivity contribution in [1.82, 2.24) is 10.1 Å². The normalized spacial score (nSPS) is 10.6.